The molecule has 0 aliphatic carbocycles. The van der Waals surface area contributed by atoms with Crippen LogP contribution in [0.1, 0.15) is 23.1 Å². The van der Waals surface area contributed by atoms with Crippen molar-refractivity contribution in [1.29, 1.82) is 0 Å². The SMILES string of the molecule is Cc1cncc(C2=CCCN(C(=O)CN3Cc4cc(F)ccc4NC3=O)C2)c1. The molecule has 1 aromatic heterocycles. The maximum absolute atomic E-state index is 13.5. The van der Waals surface area contributed by atoms with E-state index in [1.807, 2.05) is 6.92 Å². The van der Waals surface area contributed by atoms with E-state index in [1.54, 1.807) is 23.4 Å². The highest BCUT2D eigenvalue weighted by Gasteiger charge is 2.27. The molecule has 2 aliphatic heterocycles. The molecule has 0 radical (unpaired) electrons. The van der Waals surface area contributed by atoms with Gasteiger partial charge in [0.2, 0.25) is 5.91 Å². The summed E-state index contributed by atoms with van der Waals surface area (Å²) >= 11 is 0. The van der Waals surface area contributed by atoms with Crippen molar-refractivity contribution in [1.82, 2.24) is 14.8 Å². The predicted molar refractivity (Wildman–Crippen MR) is 104 cm³/mol. The number of nitrogens with one attached hydrogen (secondary N) is 1. The Kier molecular flexibility index (Phi) is 4.81. The molecule has 0 spiro atoms. The van der Waals surface area contributed by atoms with Crippen LogP contribution in [0.4, 0.5) is 14.9 Å². The van der Waals surface area contributed by atoms with Crippen LogP contribution in [0.15, 0.2) is 42.7 Å². The maximum atomic E-state index is 13.5. The molecule has 2 aliphatic rings. The molecule has 3 heterocycles. The van der Waals surface area contributed by atoms with Crippen LogP contribution in [0.5, 0.6) is 0 Å². The van der Waals surface area contributed by atoms with Crippen LogP contribution in [-0.4, -0.2) is 46.4 Å². The van der Waals surface area contributed by atoms with Crippen LogP contribution >= 0.6 is 0 Å². The van der Waals surface area contributed by atoms with Crippen molar-refractivity contribution in [2.75, 3.05) is 25.0 Å². The summed E-state index contributed by atoms with van der Waals surface area (Å²) in [5, 5.41) is 2.72. The Balaban J connectivity index is 1.44. The largest absolute Gasteiger partial charge is 0.337 e. The van der Waals surface area contributed by atoms with E-state index in [-0.39, 0.29) is 30.8 Å². The summed E-state index contributed by atoms with van der Waals surface area (Å²) < 4.78 is 13.5. The number of halogens is 1. The first-order valence-corrected chi connectivity index (χ1v) is 9.23. The molecule has 144 valence electrons. The number of benzene rings is 1. The Bertz CT molecular complexity index is 973. The van der Waals surface area contributed by atoms with Gasteiger partial charge in [0.15, 0.2) is 0 Å². The molecule has 7 heteroatoms. The Morgan fingerprint density at radius 2 is 2.11 bits per heavy atom. The van der Waals surface area contributed by atoms with E-state index in [1.165, 1.54) is 17.0 Å². The van der Waals surface area contributed by atoms with Crippen molar-refractivity contribution < 1.29 is 14.0 Å². The van der Waals surface area contributed by atoms with E-state index >= 15 is 0 Å². The average molecular weight is 380 g/mol. The Hall–Kier alpha value is -3.22. The molecule has 3 amide bonds. The van der Waals surface area contributed by atoms with Gasteiger partial charge in [-0.2, -0.15) is 0 Å². The van der Waals surface area contributed by atoms with Gasteiger partial charge in [-0.1, -0.05) is 6.08 Å². The fourth-order valence-electron chi connectivity index (χ4n) is 3.57. The second-order valence-electron chi connectivity index (χ2n) is 7.17. The van der Waals surface area contributed by atoms with Crippen LogP contribution in [0.25, 0.3) is 5.57 Å². The van der Waals surface area contributed by atoms with Crippen LogP contribution in [0, 0.1) is 12.7 Å². The fraction of sp³-hybridized carbons (Fsp3) is 0.286. The van der Waals surface area contributed by atoms with Gasteiger partial charge in [0, 0.05) is 31.2 Å². The van der Waals surface area contributed by atoms with Gasteiger partial charge in [0.05, 0.1) is 6.54 Å². The normalized spacial score (nSPS) is 16.4. The van der Waals surface area contributed by atoms with Crippen LogP contribution in [0.3, 0.4) is 0 Å². The summed E-state index contributed by atoms with van der Waals surface area (Å²) in [6, 6.07) is 5.94. The van der Waals surface area contributed by atoms with Gasteiger partial charge >= 0.3 is 6.03 Å². The van der Waals surface area contributed by atoms with Crippen molar-refractivity contribution in [3.8, 4) is 0 Å². The van der Waals surface area contributed by atoms with Gasteiger partial charge in [-0.15, -0.1) is 0 Å². The zero-order chi connectivity index (χ0) is 19.7. The average Bonchev–Trinajstić information content (AvgIpc) is 2.69. The Morgan fingerprint density at radius 1 is 1.25 bits per heavy atom. The summed E-state index contributed by atoms with van der Waals surface area (Å²) in [6.45, 7) is 3.26. The predicted octanol–water partition coefficient (Wildman–Crippen LogP) is 3.19. The summed E-state index contributed by atoms with van der Waals surface area (Å²) in [4.78, 5) is 32.5. The van der Waals surface area contributed by atoms with E-state index < -0.39 is 0 Å². The summed E-state index contributed by atoms with van der Waals surface area (Å²) in [5.41, 5.74) is 4.39. The number of carbonyl (C=O) groups excluding carboxylic acids is 2. The number of carbonyl (C=O) groups is 2. The summed E-state index contributed by atoms with van der Waals surface area (Å²) in [6.07, 6.45) is 6.49. The van der Waals surface area contributed by atoms with Crippen LogP contribution in [-0.2, 0) is 11.3 Å². The minimum Gasteiger partial charge on any atom is -0.337 e. The lowest BCUT2D eigenvalue weighted by Gasteiger charge is -2.33. The molecule has 0 unspecified atom stereocenters. The number of hydrogen-bond acceptors (Lipinski definition) is 3. The highest BCUT2D eigenvalue weighted by Crippen LogP contribution is 2.25. The fourth-order valence-corrected chi connectivity index (χ4v) is 3.57. The van der Waals surface area contributed by atoms with Crippen molar-refractivity contribution >= 4 is 23.2 Å². The zero-order valence-corrected chi connectivity index (χ0v) is 15.6. The number of rotatable bonds is 3. The quantitative estimate of drug-likeness (QED) is 0.889. The summed E-state index contributed by atoms with van der Waals surface area (Å²) in [5.74, 6) is -0.486. The minimum atomic E-state index is -0.362. The molecule has 0 bridgehead atoms. The van der Waals surface area contributed by atoms with E-state index in [2.05, 4.69) is 22.4 Å². The van der Waals surface area contributed by atoms with Gasteiger partial charge in [-0.05, 0) is 59.9 Å². The topological polar surface area (TPSA) is 65.5 Å². The Labute approximate surface area is 162 Å². The van der Waals surface area contributed by atoms with Gasteiger partial charge in [0.25, 0.3) is 0 Å². The van der Waals surface area contributed by atoms with Gasteiger partial charge in [-0.3, -0.25) is 9.78 Å². The number of urea groups is 1. The summed E-state index contributed by atoms with van der Waals surface area (Å²) in [7, 11) is 0. The zero-order valence-electron chi connectivity index (χ0n) is 15.6. The highest BCUT2D eigenvalue weighted by atomic mass is 19.1. The van der Waals surface area contributed by atoms with E-state index in [0.717, 1.165) is 23.1 Å². The van der Waals surface area contributed by atoms with E-state index in [0.29, 0.717) is 24.3 Å². The molecule has 4 rings (SSSR count). The highest BCUT2D eigenvalue weighted by molar-refractivity contribution is 5.95. The number of aromatic nitrogens is 1. The molecule has 1 N–H and O–H groups in total. The molecule has 0 fully saturated rings. The standard InChI is InChI=1S/C21H21FN4O2/c1-14-7-16(10-23-9-14)15-3-2-6-25(11-15)20(27)13-26-12-17-8-18(22)4-5-19(17)24-21(26)28/h3-5,7-10H,2,6,11-13H2,1H3,(H,24,28). The molecule has 2 aromatic rings. The monoisotopic (exact) mass is 380 g/mol. The van der Waals surface area contributed by atoms with Crippen molar-refractivity contribution in [2.45, 2.75) is 19.9 Å². The first kappa shape index (κ1) is 18.2. The van der Waals surface area contributed by atoms with Gasteiger partial charge < -0.3 is 15.1 Å². The van der Waals surface area contributed by atoms with Crippen LogP contribution < -0.4 is 5.32 Å². The van der Waals surface area contributed by atoms with Crippen LogP contribution in [0.2, 0.25) is 0 Å². The molecule has 0 saturated heterocycles. The second-order valence-corrected chi connectivity index (χ2v) is 7.17. The Morgan fingerprint density at radius 3 is 2.93 bits per heavy atom. The number of nitrogens with zero attached hydrogens (tertiary/aromatic N) is 3. The minimum absolute atomic E-state index is 0.0405. The lowest BCUT2D eigenvalue weighted by Crippen LogP contribution is -2.47. The van der Waals surface area contributed by atoms with E-state index in [4.69, 9.17) is 0 Å². The molecular weight excluding hydrogens is 359 g/mol. The van der Waals surface area contributed by atoms with Gasteiger partial charge in [0.1, 0.15) is 12.4 Å². The maximum Gasteiger partial charge on any atom is 0.322 e. The molecule has 0 saturated carbocycles. The third kappa shape index (κ3) is 3.74. The molecule has 0 atom stereocenters. The van der Waals surface area contributed by atoms with Gasteiger partial charge in [-0.25, -0.2) is 9.18 Å². The smallest absolute Gasteiger partial charge is 0.322 e. The number of amides is 3. The molecule has 28 heavy (non-hydrogen) atoms. The van der Waals surface area contributed by atoms with Crippen molar-refractivity contribution in [3.63, 3.8) is 0 Å². The number of aryl methyl sites for hydroxylation is 1. The number of anilines is 1. The molecule has 6 nitrogen and oxygen atoms in total. The van der Waals surface area contributed by atoms with E-state index in [9.17, 15) is 14.0 Å². The lowest BCUT2D eigenvalue weighted by atomic mass is 10.0. The van der Waals surface area contributed by atoms with Crippen molar-refractivity contribution in [2.24, 2.45) is 0 Å². The third-order valence-corrected chi connectivity index (χ3v) is 5.03. The molecular formula is C21H21FN4O2. The second kappa shape index (κ2) is 7.42. The molecule has 1 aromatic carbocycles. The number of pyridine rings is 1. The van der Waals surface area contributed by atoms with Crippen molar-refractivity contribution in [3.05, 3.63) is 65.2 Å². The first-order valence-electron chi connectivity index (χ1n) is 9.23. The lowest BCUT2D eigenvalue weighted by molar-refractivity contribution is -0.131. The third-order valence-electron chi connectivity index (χ3n) is 5.03. The number of fused-ring (bicyclic) bond motifs is 1. The number of hydrogen-bond donors (Lipinski definition) is 1. The first-order chi connectivity index (χ1) is 13.5.